The van der Waals surface area contributed by atoms with Crippen molar-refractivity contribution in [2.24, 2.45) is 0 Å². The minimum Gasteiger partial charge on any atom is -0.481 e. The van der Waals surface area contributed by atoms with E-state index in [1.807, 2.05) is 36.4 Å². The van der Waals surface area contributed by atoms with Gasteiger partial charge in [-0.1, -0.05) is 30.4 Å². The van der Waals surface area contributed by atoms with Crippen molar-refractivity contribution < 1.29 is 19.8 Å². The maximum atomic E-state index is 11.7. The van der Waals surface area contributed by atoms with Gasteiger partial charge in [-0.2, -0.15) is 0 Å². The molecule has 0 saturated carbocycles. The number of aromatic nitrogens is 1. The van der Waals surface area contributed by atoms with Gasteiger partial charge < -0.3 is 10.2 Å². The van der Waals surface area contributed by atoms with Crippen LogP contribution in [0.15, 0.2) is 48.1 Å². The highest BCUT2D eigenvalue weighted by atomic mass is 35.5. The lowest BCUT2D eigenvalue weighted by Crippen LogP contribution is -2.32. The molecule has 0 spiro atoms. The van der Waals surface area contributed by atoms with Crippen molar-refractivity contribution >= 4 is 40.0 Å². The summed E-state index contributed by atoms with van der Waals surface area (Å²) in [6, 6.07) is 9.43. The molecule has 0 saturated heterocycles. The van der Waals surface area contributed by atoms with Crippen LogP contribution in [0.3, 0.4) is 0 Å². The monoisotopic (exact) mass is 369 g/mol. The molecular weight excluding hydrogens is 354 g/mol. The SMILES string of the molecule is O=C(O)CC1(CC(=O)O)C2=CC(Cl)CC=C2c2nc3ccccc3cc21. The van der Waals surface area contributed by atoms with Crippen LogP contribution in [0.1, 0.15) is 30.5 Å². The minimum atomic E-state index is -1.16. The average Bonchev–Trinajstić information content (AvgIpc) is 2.81. The zero-order chi connectivity index (χ0) is 18.5. The average molecular weight is 370 g/mol. The third-order valence-electron chi connectivity index (χ3n) is 5.10. The zero-order valence-electron chi connectivity index (χ0n) is 13.8. The van der Waals surface area contributed by atoms with Crippen LogP contribution in [-0.4, -0.2) is 32.5 Å². The molecule has 6 heteroatoms. The third-order valence-corrected chi connectivity index (χ3v) is 5.41. The standard InChI is InChI=1S/C20H16ClNO4/c21-12-5-6-13-14(8-12)20(9-17(23)24,10-18(25)26)15-7-11-3-1-2-4-16(11)22-19(13)15/h1-4,6-8,12H,5,9-10H2,(H,23,24)(H,25,26). The number of nitrogens with zero attached hydrogens (tertiary/aromatic N) is 1. The normalized spacial score (nSPS) is 20.1. The first-order chi connectivity index (χ1) is 12.4. The van der Waals surface area contributed by atoms with Crippen molar-refractivity contribution in [3.05, 3.63) is 59.3 Å². The van der Waals surface area contributed by atoms with E-state index in [1.54, 1.807) is 6.08 Å². The molecule has 0 amide bonds. The Kier molecular flexibility index (Phi) is 3.84. The number of pyridine rings is 1. The number of aliphatic carboxylic acids is 2. The van der Waals surface area contributed by atoms with E-state index in [1.165, 1.54) is 0 Å². The van der Waals surface area contributed by atoms with E-state index >= 15 is 0 Å². The van der Waals surface area contributed by atoms with E-state index in [-0.39, 0.29) is 18.2 Å². The van der Waals surface area contributed by atoms with Gasteiger partial charge >= 0.3 is 11.9 Å². The van der Waals surface area contributed by atoms with Crippen molar-refractivity contribution in [3.63, 3.8) is 0 Å². The summed E-state index contributed by atoms with van der Waals surface area (Å²) in [5, 5.41) is 19.7. The summed E-state index contributed by atoms with van der Waals surface area (Å²) >= 11 is 6.30. The molecule has 4 rings (SSSR count). The summed E-state index contributed by atoms with van der Waals surface area (Å²) < 4.78 is 0. The molecule has 132 valence electrons. The Labute approximate surface area is 154 Å². The summed E-state index contributed by atoms with van der Waals surface area (Å²) in [5.41, 5.74) is 2.44. The summed E-state index contributed by atoms with van der Waals surface area (Å²) in [7, 11) is 0. The number of fused-ring (bicyclic) bond motifs is 4. The number of carboxylic acids is 2. The maximum absolute atomic E-state index is 11.7. The first-order valence-electron chi connectivity index (χ1n) is 8.32. The van der Waals surface area contributed by atoms with Crippen LogP contribution in [0.25, 0.3) is 16.5 Å². The number of hydrogen-bond donors (Lipinski definition) is 2. The van der Waals surface area contributed by atoms with Gasteiger partial charge in [0.05, 0.1) is 29.4 Å². The highest BCUT2D eigenvalue weighted by Gasteiger charge is 2.50. The second-order valence-electron chi connectivity index (χ2n) is 6.75. The molecule has 2 aliphatic rings. The second kappa shape index (κ2) is 5.95. The van der Waals surface area contributed by atoms with E-state index < -0.39 is 17.4 Å². The third kappa shape index (κ3) is 2.51. The Morgan fingerprint density at radius 1 is 1.19 bits per heavy atom. The van der Waals surface area contributed by atoms with Gasteiger partial charge in [0.1, 0.15) is 0 Å². The number of benzene rings is 1. The Balaban J connectivity index is 2.06. The first-order valence-corrected chi connectivity index (χ1v) is 8.75. The number of alkyl halides is 1. The Hall–Kier alpha value is -2.66. The van der Waals surface area contributed by atoms with Crippen molar-refractivity contribution in [1.82, 2.24) is 4.98 Å². The summed E-state index contributed by atoms with van der Waals surface area (Å²) in [6.45, 7) is 0. The Morgan fingerprint density at radius 2 is 1.88 bits per heavy atom. The fourth-order valence-corrected chi connectivity index (χ4v) is 4.33. The molecule has 5 nitrogen and oxygen atoms in total. The van der Waals surface area contributed by atoms with Crippen molar-refractivity contribution in [2.75, 3.05) is 0 Å². The number of halogens is 1. The fourth-order valence-electron chi connectivity index (χ4n) is 4.11. The van der Waals surface area contributed by atoms with E-state index in [9.17, 15) is 19.8 Å². The molecule has 1 unspecified atom stereocenters. The van der Waals surface area contributed by atoms with Gasteiger partial charge in [0.2, 0.25) is 0 Å². The van der Waals surface area contributed by atoms with Crippen LogP contribution < -0.4 is 0 Å². The van der Waals surface area contributed by atoms with E-state index in [0.717, 1.165) is 16.5 Å². The first kappa shape index (κ1) is 16.8. The number of carboxylic acid groups (broad SMARTS) is 2. The second-order valence-corrected chi connectivity index (χ2v) is 7.31. The van der Waals surface area contributed by atoms with Crippen molar-refractivity contribution in [3.8, 4) is 0 Å². The largest absolute Gasteiger partial charge is 0.481 e. The minimum absolute atomic E-state index is 0.292. The molecule has 1 aromatic carbocycles. The van der Waals surface area contributed by atoms with E-state index in [0.29, 0.717) is 23.3 Å². The summed E-state index contributed by atoms with van der Waals surface area (Å²) in [4.78, 5) is 28.1. The number of rotatable bonds is 4. The summed E-state index contributed by atoms with van der Waals surface area (Å²) in [5.74, 6) is -2.10. The van der Waals surface area contributed by atoms with Crippen LogP contribution in [0, 0.1) is 0 Å². The predicted octanol–water partition coefficient (Wildman–Crippen LogP) is 3.76. The number of carbonyl (C=O) groups is 2. The smallest absolute Gasteiger partial charge is 0.304 e. The van der Waals surface area contributed by atoms with Crippen molar-refractivity contribution in [1.29, 1.82) is 0 Å². The quantitative estimate of drug-likeness (QED) is 0.801. The molecule has 2 N–H and O–H groups in total. The molecule has 1 aromatic heterocycles. The molecule has 2 aromatic rings. The lowest BCUT2D eigenvalue weighted by atomic mass is 9.71. The van der Waals surface area contributed by atoms with E-state index in [4.69, 9.17) is 16.6 Å². The predicted molar refractivity (Wildman–Crippen MR) is 98.2 cm³/mol. The molecule has 0 fully saturated rings. The van der Waals surface area contributed by atoms with Gasteiger partial charge in [0.25, 0.3) is 0 Å². The zero-order valence-corrected chi connectivity index (χ0v) is 14.5. The molecule has 0 bridgehead atoms. The molecule has 2 aliphatic carbocycles. The van der Waals surface area contributed by atoms with Gasteiger partial charge in [-0.05, 0) is 29.7 Å². The number of hydrogen-bond acceptors (Lipinski definition) is 3. The number of allylic oxidation sites excluding steroid dienone is 4. The van der Waals surface area contributed by atoms with Crippen LogP contribution in [0.5, 0.6) is 0 Å². The fraction of sp³-hybridized carbons (Fsp3) is 0.250. The topological polar surface area (TPSA) is 87.5 Å². The van der Waals surface area contributed by atoms with Crippen LogP contribution in [-0.2, 0) is 15.0 Å². The van der Waals surface area contributed by atoms with Gasteiger partial charge in [-0.15, -0.1) is 11.6 Å². The molecule has 1 atom stereocenters. The molecule has 0 aliphatic heterocycles. The van der Waals surface area contributed by atoms with E-state index in [2.05, 4.69) is 0 Å². The lowest BCUT2D eigenvalue weighted by molar-refractivity contribution is -0.140. The number of para-hydroxylation sites is 1. The Bertz CT molecular complexity index is 992. The van der Waals surface area contributed by atoms with Crippen molar-refractivity contribution in [2.45, 2.75) is 30.1 Å². The van der Waals surface area contributed by atoms with Crippen LogP contribution in [0.4, 0.5) is 0 Å². The van der Waals surface area contributed by atoms with Gasteiger partial charge in [0.15, 0.2) is 0 Å². The molecule has 0 radical (unpaired) electrons. The molecular formula is C20H16ClNO4. The van der Waals surface area contributed by atoms with Gasteiger partial charge in [-0.3, -0.25) is 9.59 Å². The van der Waals surface area contributed by atoms with Crippen LogP contribution in [0.2, 0.25) is 0 Å². The Morgan fingerprint density at radius 3 is 2.58 bits per heavy atom. The van der Waals surface area contributed by atoms with Crippen LogP contribution >= 0.6 is 11.6 Å². The van der Waals surface area contributed by atoms with Gasteiger partial charge in [0, 0.05) is 16.4 Å². The summed E-state index contributed by atoms with van der Waals surface area (Å²) in [6.07, 6.45) is 3.71. The van der Waals surface area contributed by atoms with Gasteiger partial charge in [-0.25, -0.2) is 4.98 Å². The molecule has 26 heavy (non-hydrogen) atoms. The highest BCUT2D eigenvalue weighted by molar-refractivity contribution is 6.22. The molecule has 1 heterocycles. The maximum Gasteiger partial charge on any atom is 0.304 e. The lowest BCUT2D eigenvalue weighted by Gasteiger charge is -2.30. The highest BCUT2D eigenvalue weighted by Crippen LogP contribution is 2.55.